The van der Waals surface area contributed by atoms with Gasteiger partial charge < -0.3 is 15.3 Å². The molecule has 1 aliphatic rings. The van der Waals surface area contributed by atoms with E-state index in [1.54, 1.807) is 18.5 Å². The topological polar surface area (TPSA) is 95.4 Å². The van der Waals surface area contributed by atoms with Crippen LogP contribution in [0.3, 0.4) is 0 Å². The molecule has 1 fully saturated rings. The van der Waals surface area contributed by atoms with Crippen molar-refractivity contribution in [1.29, 1.82) is 0 Å². The minimum atomic E-state index is -1.29. The van der Waals surface area contributed by atoms with E-state index in [-0.39, 0.29) is 5.91 Å². The number of amides is 1. The fourth-order valence-corrected chi connectivity index (χ4v) is 2.16. The molecule has 20 heavy (non-hydrogen) atoms. The monoisotopic (exact) mass is 278 g/mol. The number of aliphatic carboxylic acids is 1. The Morgan fingerprint density at radius 1 is 1.40 bits per heavy atom. The Bertz CT molecular complexity index is 504. The van der Waals surface area contributed by atoms with Crippen LogP contribution in [0, 0.1) is 0 Å². The summed E-state index contributed by atoms with van der Waals surface area (Å²) in [7, 11) is 0. The van der Waals surface area contributed by atoms with Crippen LogP contribution in [0.4, 0.5) is 5.95 Å². The maximum atomic E-state index is 12.3. The molecule has 1 aliphatic heterocycles. The first-order valence-electron chi connectivity index (χ1n) is 6.51. The highest BCUT2D eigenvalue weighted by atomic mass is 16.4. The predicted octanol–water partition coefficient (Wildman–Crippen LogP) is 0.425. The second-order valence-electron chi connectivity index (χ2n) is 5.32. The number of nitrogens with zero attached hydrogens (tertiary/aromatic N) is 3. The second kappa shape index (κ2) is 5.44. The van der Waals surface area contributed by atoms with Crippen molar-refractivity contribution < 1.29 is 14.7 Å². The van der Waals surface area contributed by atoms with Gasteiger partial charge in [0.05, 0.1) is 0 Å². The molecule has 7 heteroatoms. The van der Waals surface area contributed by atoms with Crippen LogP contribution < -0.4 is 10.2 Å². The zero-order valence-electron chi connectivity index (χ0n) is 11.5. The summed E-state index contributed by atoms with van der Waals surface area (Å²) < 4.78 is 0. The standard InChI is InChI=1S/C13H18N4O3/c1-13(2,11(19)20)16-10(18)9-5-3-8-17(9)12-14-6-4-7-15-12/h4,6-7,9H,3,5,8H2,1-2H3,(H,16,18)(H,19,20). The Balaban J connectivity index is 2.12. The molecule has 1 aromatic heterocycles. The molecular formula is C13H18N4O3. The Morgan fingerprint density at radius 3 is 2.65 bits per heavy atom. The summed E-state index contributed by atoms with van der Waals surface area (Å²) in [5.74, 6) is -0.869. The fraction of sp³-hybridized carbons (Fsp3) is 0.538. The molecule has 2 rings (SSSR count). The Kier molecular flexibility index (Phi) is 3.87. The van der Waals surface area contributed by atoms with E-state index < -0.39 is 17.6 Å². The van der Waals surface area contributed by atoms with Crippen molar-refractivity contribution in [3.63, 3.8) is 0 Å². The number of aromatic nitrogens is 2. The molecule has 1 unspecified atom stereocenters. The highest BCUT2D eigenvalue weighted by molar-refractivity contribution is 5.90. The lowest BCUT2D eigenvalue weighted by Crippen LogP contribution is -2.55. The first kappa shape index (κ1) is 14.2. The number of carbonyl (C=O) groups excluding carboxylic acids is 1. The highest BCUT2D eigenvalue weighted by Gasteiger charge is 2.37. The Morgan fingerprint density at radius 2 is 2.05 bits per heavy atom. The van der Waals surface area contributed by atoms with Gasteiger partial charge in [0.25, 0.3) is 0 Å². The molecule has 0 aromatic carbocycles. The third kappa shape index (κ3) is 2.87. The quantitative estimate of drug-likeness (QED) is 0.829. The van der Waals surface area contributed by atoms with E-state index >= 15 is 0 Å². The SMILES string of the molecule is CC(C)(NC(=O)C1CCCN1c1ncccn1)C(=O)O. The Hall–Kier alpha value is -2.18. The third-order valence-corrected chi connectivity index (χ3v) is 3.33. The van der Waals surface area contributed by atoms with Crippen LogP contribution in [0.15, 0.2) is 18.5 Å². The largest absolute Gasteiger partial charge is 0.480 e. The summed E-state index contributed by atoms with van der Waals surface area (Å²) in [6.07, 6.45) is 4.76. The average molecular weight is 278 g/mol. The van der Waals surface area contributed by atoms with Gasteiger partial charge in [-0.3, -0.25) is 4.79 Å². The summed E-state index contributed by atoms with van der Waals surface area (Å²) in [4.78, 5) is 33.4. The van der Waals surface area contributed by atoms with Gasteiger partial charge in [-0.25, -0.2) is 14.8 Å². The van der Waals surface area contributed by atoms with Crippen molar-refractivity contribution in [2.45, 2.75) is 38.3 Å². The normalized spacial score (nSPS) is 18.9. The predicted molar refractivity (Wildman–Crippen MR) is 72.3 cm³/mol. The number of carboxylic acids is 1. The van der Waals surface area contributed by atoms with Crippen molar-refractivity contribution in [2.24, 2.45) is 0 Å². The molecule has 108 valence electrons. The number of carboxylic acid groups (broad SMARTS) is 1. The van der Waals surface area contributed by atoms with Crippen molar-refractivity contribution in [1.82, 2.24) is 15.3 Å². The van der Waals surface area contributed by atoms with Gasteiger partial charge in [-0.2, -0.15) is 0 Å². The first-order chi connectivity index (χ1) is 9.42. The Labute approximate surface area is 117 Å². The van der Waals surface area contributed by atoms with Crippen molar-refractivity contribution in [2.75, 3.05) is 11.4 Å². The summed E-state index contributed by atoms with van der Waals surface area (Å²) in [6, 6.07) is 1.29. The van der Waals surface area contributed by atoms with Crippen LogP contribution in [-0.4, -0.2) is 45.1 Å². The molecule has 0 bridgehead atoms. The molecule has 1 aromatic rings. The van der Waals surface area contributed by atoms with Crippen molar-refractivity contribution in [3.05, 3.63) is 18.5 Å². The molecule has 0 spiro atoms. The van der Waals surface area contributed by atoms with Gasteiger partial charge >= 0.3 is 5.97 Å². The van der Waals surface area contributed by atoms with E-state index in [4.69, 9.17) is 5.11 Å². The minimum absolute atomic E-state index is 0.303. The number of carbonyl (C=O) groups is 2. The van der Waals surface area contributed by atoms with Crippen LogP contribution in [0.1, 0.15) is 26.7 Å². The maximum absolute atomic E-state index is 12.3. The van der Waals surface area contributed by atoms with Crippen LogP contribution in [0.5, 0.6) is 0 Å². The number of nitrogens with one attached hydrogen (secondary N) is 1. The third-order valence-electron chi connectivity index (χ3n) is 3.33. The van der Waals surface area contributed by atoms with Gasteiger partial charge in [0.1, 0.15) is 11.6 Å². The smallest absolute Gasteiger partial charge is 0.328 e. The van der Waals surface area contributed by atoms with E-state index in [9.17, 15) is 9.59 Å². The van der Waals surface area contributed by atoms with Gasteiger partial charge in [-0.15, -0.1) is 0 Å². The van der Waals surface area contributed by atoms with E-state index in [1.807, 2.05) is 4.90 Å². The molecule has 0 radical (unpaired) electrons. The zero-order chi connectivity index (χ0) is 14.8. The molecule has 0 saturated carbocycles. The first-order valence-corrected chi connectivity index (χ1v) is 6.51. The van der Waals surface area contributed by atoms with Gasteiger partial charge in [0.2, 0.25) is 11.9 Å². The average Bonchev–Trinajstić information content (AvgIpc) is 2.88. The van der Waals surface area contributed by atoms with E-state index in [0.29, 0.717) is 18.9 Å². The van der Waals surface area contributed by atoms with E-state index in [2.05, 4.69) is 15.3 Å². The van der Waals surface area contributed by atoms with Gasteiger partial charge in [0, 0.05) is 18.9 Å². The maximum Gasteiger partial charge on any atom is 0.328 e. The lowest BCUT2D eigenvalue weighted by atomic mass is 10.0. The molecule has 1 saturated heterocycles. The van der Waals surface area contributed by atoms with Crippen LogP contribution >= 0.6 is 0 Å². The van der Waals surface area contributed by atoms with E-state index in [0.717, 1.165) is 6.42 Å². The summed E-state index contributed by atoms with van der Waals surface area (Å²) in [6.45, 7) is 3.62. The number of rotatable bonds is 4. The number of hydrogen-bond donors (Lipinski definition) is 2. The highest BCUT2D eigenvalue weighted by Crippen LogP contribution is 2.22. The second-order valence-corrected chi connectivity index (χ2v) is 5.32. The van der Waals surface area contributed by atoms with Crippen LogP contribution in [-0.2, 0) is 9.59 Å². The molecule has 1 amide bonds. The summed E-state index contributed by atoms with van der Waals surface area (Å²) in [5, 5.41) is 11.6. The summed E-state index contributed by atoms with van der Waals surface area (Å²) in [5.41, 5.74) is -1.29. The minimum Gasteiger partial charge on any atom is -0.480 e. The van der Waals surface area contributed by atoms with Gasteiger partial charge in [-0.05, 0) is 32.8 Å². The molecule has 7 nitrogen and oxygen atoms in total. The van der Waals surface area contributed by atoms with Crippen LogP contribution in [0.25, 0.3) is 0 Å². The number of hydrogen-bond acceptors (Lipinski definition) is 5. The van der Waals surface area contributed by atoms with Crippen molar-refractivity contribution >= 4 is 17.8 Å². The molecule has 1 atom stereocenters. The number of anilines is 1. The van der Waals surface area contributed by atoms with E-state index in [1.165, 1.54) is 13.8 Å². The fourth-order valence-electron chi connectivity index (χ4n) is 2.16. The summed E-state index contributed by atoms with van der Waals surface area (Å²) >= 11 is 0. The molecular weight excluding hydrogens is 260 g/mol. The lowest BCUT2D eigenvalue weighted by Gasteiger charge is -2.28. The zero-order valence-corrected chi connectivity index (χ0v) is 11.5. The lowest BCUT2D eigenvalue weighted by molar-refractivity contribution is -0.146. The van der Waals surface area contributed by atoms with Crippen LogP contribution in [0.2, 0.25) is 0 Å². The van der Waals surface area contributed by atoms with Gasteiger partial charge in [0.15, 0.2) is 0 Å². The van der Waals surface area contributed by atoms with Gasteiger partial charge in [-0.1, -0.05) is 0 Å². The molecule has 0 aliphatic carbocycles. The molecule has 2 heterocycles. The van der Waals surface area contributed by atoms with Crippen molar-refractivity contribution in [3.8, 4) is 0 Å². The molecule has 2 N–H and O–H groups in total.